The second kappa shape index (κ2) is 9.27. The highest BCUT2D eigenvalue weighted by molar-refractivity contribution is 5.97. The molecule has 29 heavy (non-hydrogen) atoms. The second-order valence-electron chi connectivity index (χ2n) is 6.75. The van der Waals surface area contributed by atoms with Crippen molar-refractivity contribution in [3.05, 3.63) is 53.5 Å². The number of guanidine groups is 1. The number of nitrogens with zero attached hydrogens (tertiary/aromatic N) is 2. The maximum atomic E-state index is 12.4. The van der Waals surface area contributed by atoms with E-state index in [1.165, 1.54) is 7.11 Å². The fourth-order valence-corrected chi connectivity index (χ4v) is 3.27. The van der Waals surface area contributed by atoms with E-state index in [1.54, 1.807) is 17.9 Å². The van der Waals surface area contributed by atoms with Crippen molar-refractivity contribution in [3.63, 3.8) is 0 Å². The van der Waals surface area contributed by atoms with Crippen molar-refractivity contribution in [1.82, 2.24) is 10.6 Å². The number of benzene rings is 1. The number of ether oxygens (including phenoxy) is 1. The van der Waals surface area contributed by atoms with Gasteiger partial charge in [0.15, 0.2) is 5.96 Å². The molecule has 1 saturated heterocycles. The van der Waals surface area contributed by atoms with Crippen molar-refractivity contribution in [3.8, 4) is 0 Å². The van der Waals surface area contributed by atoms with Crippen molar-refractivity contribution in [2.24, 2.45) is 4.99 Å². The number of esters is 1. The number of rotatable bonds is 6. The number of anilines is 1. The van der Waals surface area contributed by atoms with Crippen molar-refractivity contribution in [1.29, 1.82) is 0 Å². The molecule has 1 aliphatic heterocycles. The summed E-state index contributed by atoms with van der Waals surface area (Å²) in [6.45, 7) is 5.19. The first-order valence-corrected chi connectivity index (χ1v) is 9.59. The van der Waals surface area contributed by atoms with Crippen molar-refractivity contribution >= 4 is 23.5 Å². The number of para-hydroxylation sites is 1. The van der Waals surface area contributed by atoms with Crippen LogP contribution in [-0.2, 0) is 16.1 Å². The highest BCUT2D eigenvalue weighted by atomic mass is 16.5. The van der Waals surface area contributed by atoms with Gasteiger partial charge in [0, 0.05) is 25.2 Å². The highest BCUT2D eigenvalue weighted by Crippen LogP contribution is 2.21. The van der Waals surface area contributed by atoms with E-state index in [4.69, 9.17) is 9.15 Å². The molecule has 1 amide bonds. The maximum absolute atomic E-state index is 12.4. The summed E-state index contributed by atoms with van der Waals surface area (Å²) < 4.78 is 10.3. The van der Waals surface area contributed by atoms with Crippen LogP contribution in [0.3, 0.4) is 0 Å². The molecule has 0 saturated carbocycles. The zero-order valence-corrected chi connectivity index (χ0v) is 16.9. The van der Waals surface area contributed by atoms with Gasteiger partial charge >= 0.3 is 5.97 Å². The molecule has 8 heteroatoms. The number of aliphatic imine (C=N–C) groups is 1. The van der Waals surface area contributed by atoms with E-state index in [-0.39, 0.29) is 18.5 Å². The number of hydrogen-bond donors (Lipinski definition) is 2. The van der Waals surface area contributed by atoms with E-state index in [0.717, 1.165) is 5.69 Å². The molecule has 2 aromatic rings. The SMILES string of the molecule is CCNC(=NCc1cc(C(=O)OC)c(C)o1)NC1CC(=O)N(c2ccccc2)C1. The predicted molar refractivity (Wildman–Crippen MR) is 110 cm³/mol. The van der Waals surface area contributed by atoms with Crippen LogP contribution in [0, 0.1) is 6.92 Å². The first kappa shape index (κ1) is 20.4. The van der Waals surface area contributed by atoms with E-state index >= 15 is 0 Å². The molecule has 0 aliphatic carbocycles. The molecular weight excluding hydrogens is 372 g/mol. The lowest BCUT2D eigenvalue weighted by atomic mass is 10.2. The minimum Gasteiger partial charge on any atom is -0.465 e. The van der Waals surface area contributed by atoms with Gasteiger partial charge in [0.1, 0.15) is 23.6 Å². The monoisotopic (exact) mass is 398 g/mol. The molecule has 3 rings (SSSR count). The third-order valence-corrected chi connectivity index (χ3v) is 4.65. The van der Waals surface area contributed by atoms with Gasteiger partial charge < -0.3 is 24.7 Å². The summed E-state index contributed by atoms with van der Waals surface area (Å²) in [7, 11) is 1.33. The number of aryl methyl sites for hydroxylation is 1. The molecule has 1 aromatic carbocycles. The van der Waals surface area contributed by atoms with Gasteiger partial charge in [-0.25, -0.2) is 9.79 Å². The third-order valence-electron chi connectivity index (χ3n) is 4.65. The van der Waals surface area contributed by atoms with E-state index in [2.05, 4.69) is 15.6 Å². The number of hydrogen-bond acceptors (Lipinski definition) is 5. The fraction of sp³-hybridized carbons (Fsp3) is 0.381. The second-order valence-corrected chi connectivity index (χ2v) is 6.75. The Morgan fingerprint density at radius 3 is 2.79 bits per heavy atom. The average Bonchev–Trinajstić information content (AvgIpc) is 3.28. The summed E-state index contributed by atoms with van der Waals surface area (Å²) in [5.74, 6) is 1.30. The smallest absolute Gasteiger partial charge is 0.341 e. The lowest BCUT2D eigenvalue weighted by Gasteiger charge is -2.18. The van der Waals surface area contributed by atoms with Crippen LogP contribution in [-0.4, -0.2) is 44.1 Å². The Kier molecular flexibility index (Phi) is 6.54. The first-order chi connectivity index (χ1) is 14.0. The van der Waals surface area contributed by atoms with Crippen molar-refractivity contribution < 1.29 is 18.7 Å². The van der Waals surface area contributed by atoms with Gasteiger partial charge in [-0.3, -0.25) is 4.79 Å². The number of methoxy groups -OCH3 is 1. The average molecular weight is 398 g/mol. The van der Waals surface area contributed by atoms with Gasteiger partial charge in [0.2, 0.25) is 5.91 Å². The highest BCUT2D eigenvalue weighted by Gasteiger charge is 2.31. The minimum absolute atomic E-state index is 0.0514. The Morgan fingerprint density at radius 1 is 1.34 bits per heavy atom. The zero-order chi connectivity index (χ0) is 20.8. The van der Waals surface area contributed by atoms with E-state index < -0.39 is 5.97 Å². The van der Waals surface area contributed by atoms with E-state index in [9.17, 15) is 9.59 Å². The van der Waals surface area contributed by atoms with Gasteiger partial charge in [-0.1, -0.05) is 18.2 Å². The van der Waals surface area contributed by atoms with Crippen LogP contribution in [0.1, 0.15) is 35.2 Å². The third kappa shape index (κ3) is 4.96. The minimum atomic E-state index is -0.433. The van der Waals surface area contributed by atoms with Crippen molar-refractivity contribution in [2.75, 3.05) is 25.1 Å². The summed E-state index contributed by atoms with van der Waals surface area (Å²) in [4.78, 5) is 30.4. The molecule has 0 bridgehead atoms. The van der Waals surface area contributed by atoms with Crippen LogP contribution in [0.2, 0.25) is 0 Å². The van der Waals surface area contributed by atoms with Gasteiger partial charge in [0.25, 0.3) is 0 Å². The van der Waals surface area contributed by atoms with Crippen LogP contribution in [0.15, 0.2) is 45.8 Å². The normalized spacial score (nSPS) is 16.8. The molecule has 0 spiro atoms. The van der Waals surface area contributed by atoms with Crippen LogP contribution >= 0.6 is 0 Å². The molecule has 1 unspecified atom stereocenters. The molecule has 154 valence electrons. The summed E-state index contributed by atoms with van der Waals surface area (Å²) >= 11 is 0. The van der Waals surface area contributed by atoms with Crippen LogP contribution in [0.5, 0.6) is 0 Å². The molecule has 1 aromatic heterocycles. The molecule has 8 nitrogen and oxygen atoms in total. The van der Waals surface area contributed by atoms with E-state index in [0.29, 0.717) is 42.6 Å². The standard InChI is InChI=1S/C21H26N4O4/c1-4-22-21(23-12-17-11-18(14(2)29-17)20(27)28-3)24-15-10-19(26)25(13-15)16-8-6-5-7-9-16/h5-9,11,15H,4,10,12-13H2,1-3H3,(H2,22,23,24). The van der Waals surface area contributed by atoms with Gasteiger partial charge in [-0.15, -0.1) is 0 Å². The lowest BCUT2D eigenvalue weighted by Crippen LogP contribution is -2.44. The molecule has 2 N–H and O–H groups in total. The zero-order valence-electron chi connectivity index (χ0n) is 16.9. The number of nitrogens with one attached hydrogen (secondary N) is 2. The predicted octanol–water partition coefficient (Wildman–Crippen LogP) is 2.24. The summed E-state index contributed by atoms with van der Waals surface area (Å²) in [5.41, 5.74) is 1.29. The first-order valence-electron chi connectivity index (χ1n) is 9.59. The summed E-state index contributed by atoms with van der Waals surface area (Å²) in [6.07, 6.45) is 0.395. The largest absolute Gasteiger partial charge is 0.465 e. The quantitative estimate of drug-likeness (QED) is 0.440. The Morgan fingerprint density at radius 2 is 2.10 bits per heavy atom. The van der Waals surface area contributed by atoms with Crippen LogP contribution < -0.4 is 15.5 Å². The molecule has 2 heterocycles. The maximum Gasteiger partial charge on any atom is 0.341 e. The summed E-state index contributed by atoms with van der Waals surface area (Å²) in [5, 5.41) is 6.50. The number of amides is 1. The van der Waals surface area contributed by atoms with Crippen LogP contribution in [0.4, 0.5) is 5.69 Å². The molecular formula is C21H26N4O4. The number of carbonyl (C=O) groups is 2. The lowest BCUT2D eigenvalue weighted by molar-refractivity contribution is -0.117. The Balaban J connectivity index is 1.66. The Bertz CT molecular complexity index is 891. The van der Waals surface area contributed by atoms with Gasteiger partial charge in [0.05, 0.1) is 13.2 Å². The Hall–Kier alpha value is -3.29. The van der Waals surface area contributed by atoms with Gasteiger partial charge in [-0.05, 0) is 32.0 Å². The molecule has 1 aliphatic rings. The van der Waals surface area contributed by atoms with Crippen molar-refractivity contribution in [2.45, 2.75) is 32.9 Å². The van der Waals surface area contributed by atoms with E-state index in [1.807, 2.05) is 37.3 Å². The Labute approximate surface area is 169 Å². The fourth-order valence-electron chi connectivity index (χ4n) is 3.27. The molecule has 1 atom stereocenters. The number of carbonyl (C=O) groups excluding carboxylic acids is 2. The van der Waals surface area contributed by atoms with Crippen LogP contribution in [0.25, 0.3) is 0 Å². The topological polar surface area (TPSA) is 96.2 Å². The molecule has 0 radical (unpaired) electrons. The van der Waals surface area contributed by atoms with Gasteiger partial charge in [-0.2, -0.15) is 0 Å². The number of furan rings is 1. The summed E-state index contributed by atoms with van der Waals surface area (Å²) in [6, 6.07) is 11.2. The molecule has 1 fully saturated rings.